The van der Waals surface area contributed by atoms with Gasteiger partial charge in [0.1, 0.15) is 17.1 Å². The first-order valence-corrected chi connectivity index (χ1v) is 12.1. The molecule has 2 rings (SSSR count). The Kier molecular flexibility index (Phi) is 8.24. The van der Waals surface area contributed by atoms with Crippen molar-refractivity contribution in [3.05, 3.63) is 29.8 Å². The van der Waals surface area contributed by atoms with Crippen LogP contribution in [0, 0.1) is 11.8 Å². The number of ether oxygens (including phenoxy) is 2. The van der Waals surface area contributed by atoms with Gasteiger partial charge in [0, 0.05) is 31.1 Å². The van der Waals surface area contributed by atoms with E-state index in [9.17, 15) is 19.5 Å². The molecule has 1 fully saturated rings. The molecule has 1 aromatic carbocycles. The van der Waals surface area contributed by atoms with Gasteiger partial charge in [0.2, 0.25) is 0 Å². The lowest BCUT2D eigenvalue weighted by Gasteiger charge is -2.44. The number of hydrogen-bond acceptors (Lipinski definition) is 7. The second-order valence-electron chi connectivity index (χ2n) is 11.3. The van der Waals surface area contributed by atoms with E-state index < -0.39 is 52.3 Å². The third-order valence-corrected chi connectivity index (χ3v) is 6.00. The topological polar surface area (TPSA) is 93.1 Å². The number of anilines is 1. The van der Waals surface area contributed by atoms with E-state index in [4.69, 9.17) is 9.47 Å². The third-order valence-electron chi connectivity index (χ3n) is 6.00. The van der Waals surface area contributed by atoms with Gasteiger partial charge in [0.05, 0.1) is 11.5 Å². The van der Waals surface area contributed by atoms with Crippen molar-refractivity contribution >= 4 is 23.4 Å². The molecule has 7 heteroatoms. The van der Waals surface area contributed by atoms with Gasteiger partial charge in [-0.25, -0.2) is 0 Å². The minimum Gasteiger partial charge on any atom is -0.460 e. The number of benzene rings is 1. The quantitative estimate of drug-likeness (QED) is 0.485. The van der Waals surface area contributed by atoms with E-state index in [0.29, 0.717) is 5.56 Å². The Morgan fingerprint density at radius 2 is 1.44 bits per heavy atom. The van der Waals surface area contributed by atoms with Gasteiger partial charge in [0.15, 0.2) is 5.78 Å². The van der Waals surface area contributed by atoms with Crippen molar-refractivity contribution < 1.29 is 29.0 Å². The van der Waals surface area contributed by atoms with Crippen molar-refractivity contribution in [3.63, 3.8) is 0 Å². The summed E-state index contributed by atoms with van der Waals surface area (Å²) in [6.45, 7) is 17.7. The van der Waals surface area contributed by atoms with E-state index in [0.717, 1.165) is 18.8 Å². The lowest BCUT2D eigenvalue weighted by molar-refractivity contribution is -0.182. The lowest BCUT2D eigenvalue weighted by Crippen LogP contribution is -2.56. The maximum absolute atomic E-state index is 13.4. The van der Waals surface area contributed by atoms with Crippen molar-refractivity contribution in [2.24, 2.45) is 11.8 Å². The van der Waals surface area contributed by atoms with Crippen LogP contribution in [-0.4, -0.2) is 52.7 Å². The molecule has 0 spiro atoms. The highest BCUT2D eigenvalue weighted by Gasteiger charge is 2.57. The number of esters is 2. The van der Waals surface area contributed by atoms with Crippen molar-refractivity contribution in [1.82, 2.24) is 0 Å². The van der Waals surface area contributed by atoms with Crippen LogP contribution >= 0.6 is 0 Å². The molecule has 0 radical (unpaired) electrons. The smallest absolute Gasteiger partial charge is 0.317 e. The molecule has 0 aliphatic heterocycles. The standard InChI is InChI=1S/C27H41NO6/c1-10-28(11-2)18-14-12-17(13-15-18)20-21(23(30)33-25(3,4)5)19(29)16-27(9,32)22(20)24(31)34-26(6,7)8/h12-15,20-22,32H,10-11,16H2,1-9H3/t20-,21+,22-,27+/m0/s1. The second kappa shape index (κ2) is 10.1. The highest BCUT2D eigenvalue weighted by Crippen LogP contribution is 2.47. The highest BCUT2D eigenvalue weighted by atomic mass is 16.6. The predicted molar refractivity (Wildman–Crippen MR) is 132 cm³/mol. The molecular formula is C27H41NO6. The molecule has 0 unspecified atom stereocenters. The zero-order valence-corrected chi connectivity index (χ0v) is 22.1. The fourth-order valence-electron chi connectivity index (χ4n) is 4.64. The van der Waals surface area contributed by atoms with Crippen molar-refractivity contribution in [3.8, 4) is 0 Å². The summed E-state index contributed by atoms with van der Waals surface area (Å²) in [5.74, 6) is -5.06. The van der Waals surface area contributed by atoms with Gasteiger partial charge in [-0.15, -0.1) is 0 Å². The lowest BCUT2D eigenvalue weighted by atomic mass is 9.61. The van der Waals surface area contributed by atoms with E-state index in [2.05, 4.69) is 18.7 Å². The maximum atomic E-state index is 13.4. The first-order valence-electron chi connectivity index (χ1n) is 12.1. The molecule has 1 aliphatic rings. The molecule has 1 aromatic rings. The van der Waals surface area contributed by atoms with E-state index in [-0.39, 0.29) is 6.42 Å². The first-order chi connectivity index (χ1) is 15.5. The molecule has 1 aliphatic carbocycles. The third kappa shape index (κ3) is 6.59. The Hall–Kier alpha value is -2.41. The summed E-state index contributed by atoms with van der Waals surface area (Å²) in [5.41, 5.74) is -1.69. The molecule has 1 N–H and O–H groups in total. The second-order valence-corrected chi connectivity index (χ2v) is 11.3. The van der Waals surface area contributed by atoms with Crippen LogP contribution in [0.2, 0.25) is 0 Å². The van der Waals surface area contributed by atoms with Gasteiger partial charge in [-0.1, -0.05) is 12.1 Å². The Labute approximate surface area is 203 Å². The molecule has 0 saturated heterocycles. The fourth-order valence-corrected chi connectivity index (χ4v) is 4.64. The average Bonchev–Trinajstić information content (AvgIpc) is 2.65. The van der Waals surface area contributed by atoms with Gasteiger partial charge in [-0.3, -0.25) is 14.4 Å². The fraction of sp³-hybridized carbons (Fsp3) is 0.667. The number of rotatable bonds is 6. The van der Waals surface area contributed by atoms with Crippen LogP contribution in [0.1, 0.15) is 80.2 Å². The zero-order chi connectivity index (χ0) is 26.1. The van der Waals surface area contributed by atoms with Gasteiger partial charge < -0.3 is 19.5 Å². The Bertz CT molecular complexity index is 887. The molecule has 0 heterocycles. The van der Waals surface area contributed by atoms with Crippen LogP contribution in [0.15, 0.2) is 24.3 Å². The van der Waals surface area contributed by atoms with Gasteiger partial charge in [-0.05, 0) is 80.0 Å². The Balaban J connectivity index is 2.64. The van der Waals surface area contributed by atoms with Crippen molar-refractivity contribution in [2.75, 3.05) is 18.0 Å². The molecule has 34 heavy (non-hydrogen) atoms. The molecule has 0 aromatic heterocycles. The molecule has 190 valence electrons. The van der Waals surface area contributed by atoms with Crippen LogP contribution in [0.4, 0.5) is 5.69 Å². The molecule has 4 atom stereocenters. The number of nitrogens with zero attached hydrogens (tertiary/aromatic N) is 1. The number of ketones is 1. The van der Waals surface area contributed by atoms with Crippen molar-refractivity contribution in [2.45, 2.75) is 91.5 Å². The summed E-state index contributed by atoms with van der Waals surface area (Å²) < 4.78 is 11.2. The van der Waals surface area contributed by atoms with Gasteiger partial charge in [-0.2, -0.15) is 0 Å². The number of aliphatic hydroxyl groups is 1. The summed E-state index contributed by atoms with van der Waals surface area (Å²) in [4.78, 5) is 42.0. The van der Waals surface area contributed by atoms with E-state index >= 15 is 0 Å². The predicted octanol–water partition coefficient (Wildman–Crippen LogP) is 4.26. The summed E-state index contributed by atoms with van der Waals surface area (Å²) in [5, 5.41) is 11.3. The van der Waals surface area contributed by atoms with Gasteiger partial charge >= 0.3 is 11.9 Å². The van der Waals surface area contributed by atoms with E-state index in [1.165, 1.54) is 6.92 Å². The molecule has 0 amide bonds. The van der Waals surface area contributed by atoms with Crippen LogP contribution in [-0.2, 0) is 23.9 Å². The highest BCUT2D eigenvalue weighted by molar-refractivity contribution is 6.03. The summed E-state index contributed by atoms with van der Waals surface area (Å²) >= 11 is 0. The van der Waals surface area contributed by atoms with Crippen LogP contribution < -0.4 is 4.90 Å². The van der Waals surface area contributed by atoms with Crippen LogP contribution in [0.3, 0.4) is 0 Å². The molecular weight excluding hydrogens is 434 g/mol. The molecule has 1 saturated carbocycles. The Morgan fingerprint density at radius 3 is 1.88 bits per heavy atom. The summed E-state index contributed by atoms with van der Waals surface area (Å²) in [6, 6.07) is 7.46. The van der Waals surface area contributed by atoms with Gasteiger partial charge in [0.25, 0.3) is 0 Å². The summed E-state index contributed by atoms with van der Waals surface area (Å²) in [6.07, 6.45) is -0.338. The minimum absolute atomic E-state index is 0.338. The molecule has 0 bridgehead atoms. The number of hydrogen-bond donors (Lipinski definition) is 1. The monoisotopic (exact) mass is 475 g/mol. The number of carbonyl (C=O) groups excluding carboxylic acids is 3. The maximum Gasteiger partial charge on any atom is 0.317 e. The average molecular weight is 476 g/mol. The van der Waals surface area contributed by atoms with Crippen LogP contribution in [0.25, 0.3) is 0 Å². The Morgan fingerprint density at radius 1 is 0.971 bits per heavy atom. The normalized spacial score (nSPS) is 25.6. The van der Waals surface area contributed by atoms with Crippen LogP contribution in [0.5, 0.6) is 0 Å². The minimum atomic E-state index is -1.68. The van der Waals surface area contributed by atoms with Crippen molar-refractivity contribution in [1.29, 1.82) is 0 Å². The largest absolute Gasteiger partial charge is 0.460 e. The first kappa shape index (κ1) is 27.8. The number of Topliss-reactive ketones (excluding diaryl/α,β-unsaturated/α-hetero) is 1. The summed E-state index contributed by atoms with van der Waals surface area (Å²) in [7, 11) is 0. The molecule has 7 nitrogen and oxygen atoms in total. The zero-order valence-electron chi connectivity index (χ0n) is 22.1. The van der Waals surface area contributed by atoms with E-state index in [1.807, 2.05) is 24.3 Å². The SMILES string of the molecule is CCN(CC)c1ccc([C@H]2[C@H](C(=O)OC(C)(C)C)C(=O)C[C@@](C)(O)[C@@H]2C(=O)OC(C)(C)C)cc1. The number of carbonyl (C=O) groups is 3. The van der Waals surface area contributed by atoms with E-state index in [1.54, 1.807) is 41.5 Å².